The maximum atomic E-state index is 5.03. The zero-order chi connectivity index (χ0) is 28.7. The zero-order valence-electron chi connectivity index (χ0n) is 24.1. The van der Waals surface area contributed by atoms with Gasteiger partial charge >= 0.3 is 0 Å². The summed E-state index contributed by atoms with van der Waals surface area (Å²) in [7, 11) is 4.26. The minimum absolute atomic E-state index is 0.817. The molecule has 0 bridgehead atoms. The molecule has 0 atom stereocenters. The van der Waals surface area contributed by atoms with Crippen molar-refractivity contribution in [1.82, 2.24) is 14.1 Å². The molecule has 0 radical (unpaired) electrons. The second kappa shape index (κ2) is 8.97. The predicted molar refractivity (Wildman–Crippen MR) is 180 cm³/mol. The van der Waals surface area contributed by atoms with Crippen LogP contribution >= 0.6 is 0 Å². The number of para-hydroxylation sites is 4. The highest BCUT2D eigenvalue weighted by Gasteiger charge is 2.24. The minimum atomic E-state index is 0.817. The lowest BCUT2D eigenvalue weighted by Gasteiger charge is -2.21. The summed E-state index contributed by atoms with van der Waals surface area (Å²) in [5, 5.41) is 4.97. The van der Waals surface area contributed by atoms with Gasteiger partial charge in [-0.25, -0.2) is 4.98 Å². The van der Waals surface area contributed by atoms with Gasteiger partial charge in [-0.1, -0.05) is 66.7 Å². The average Bonchev–Trinajstić information content (AvgIpc) is 3.68. The van der Waals surface area contributed by atoms with Gasteiger partial charge in [0.25, 0.3) is 0 Å². The lowest BCUT2D eigenvalue weighted by molar-refractivity contribution is 0.948. The second-order valence-electron chi connectivity index (χ2n) is 11.5. The topological polar surface area (TPSA) is 29.2 Å². The first-order chi connectivity index (χ1) is 21.1. The van der Waals surface area contributed by atoms with E-state index in [1.807, 2.05) is 6.07 Å². The normalized spacial score (nSPS) is 13.2. The van der Waals surface area contributed by atoms with Crippen LogP contribution in [0, 0.1) is 0 Å². The Kier molecular flexibility index (Phi) is 5.03. The van der Waals surface area contributed by atoms with Crippen molar-refractivity contribution in [3.05, 3.63) is 127 Å². The highest BCUT2D eigenvalue weighted by molar-refractivity contribution is 6.14. The van der Waals surface area contributed by atoms with Crippen LogP contribution in [0.15, 0.2) is 127 Å². The number of benzene rings is 6. The largest absolute Gasteiger partial charge is 0.355 e. The Hall–Kier alpha value is -5.55. The van der Waals surface area contributed by atoms with Crippen molar-refractivity contribution >= 4 is 60.7 Å². The smallest absolute Gasteiger partial charge is 0.140 e. The van der Waals surface area contributed by atoms with E-state index in [-0.39, 0.29) is 0 Å². The monoisotopic (exact) mass is 555 g/mol. The predicted octanol–water partition coefficient (Wildman–Crippen LogP) is 9.04. The molecule has 9 rings (SSSR count). The summed E-state index contributed by atoms with van der Waals surface area (Å²) in [4.78, 5) is 9.73. The molecule has 2 aromatic heterocycles. The Balaban J connectivity index is 1.30. The first kappa shape index (κ1) is 24.1. The molecule has 0 fully saturated rings. The van der Waals surface area contributed by atoms with Gasteiger partial charge in [-0.15, -0.1) is 0 Å². The van der Waals surface area contributed by atoms with Crippen molar-refractivity contribution in [1.29, 1.82) is 0 Å². The fraction of sp³-hybridized carbons (Fsp3) is 0.0789. The van der Waals surface area contributed by atoms with Gasteiger partial charge in [0.05, 0.1) is 40.1 Å². The van der Waals surface area contributed by atoms with E-state index in [2.05, 4.69) is 154 Å². The van der Waals surface area contributed by atoms with Crippen molar-refractivity contribution in [3.63, 3.8) is 0 Å². The van der Waals surface area contributed by atoms with E-state index in [9.17, 15) is 0 Å². The Morgan fingerprint density at radius 3 is 2.14 bits per heavy atom. The highest BCUT2D eigenvalue weighted by Crippen LogP contribution is 2.42. The number of hydrogen-bond donors (Lipinski definition) is 0. The Morgan fingerprint density at radius 2 is 1.28 bits per heavy atom. The summed E-state index contributed by atoms with van der Waals surface area (Å²) in [6, 6.07) is 46.0. The standard InChI is InChI=1S/C38H29N5/c1-40-24-42(35-17-8-7-16-34(35)40)28-12-9-13-29(23-28)43-36-22-27(38-39-32-14-5-6-15-33(32)41(38)2)18-19-30(36)31-20-25-10-3-4-11-26(25)21-37(31)43/h3-23H,24H2,1-2H3. The van der Waals surface area contributed by atoms with E-state index in [1.165, 1.54) is 49.6 Å². The molecule has 43 heavy (non-hydrogen) atoms. The third-order valence-electron chi connectivity index (χ3n) is 9.02. The van der Waals surface area contributed by atoms with Gasteiger partial charge in [0.15, 0.2) is 0 Å². The summed E-state index contributed by atoms with van der Waals surface area (Å²) in [5.74, 6) is 0.968. The maximum absolute atomic E-state index is 5.03. The molecule has 8 aromatic rings. The maximum Gasteiger partial charge on any atom is 0.140 e. The molecule has 5 nitrogen and oxygen atoms in total. The first-order valence-electron chi connectivity index (χ1n) is 14.7. The van der Waals surface area contributed by atoms with Crippen LogP contribution in [-0.2, 0) is 7.05 Å². The number of aromatic nitrogens is 3. The third-order valence-corrected chi connectivity index (χ3v) is 9.02. The molecule has 0 saturated heterocycles. The fourth-order valence-corrected chi connectivity index (χ4v) is 6.92. The SMILES string of the molecule is CN1CN(c2cccc(-n3c4cc(-c5nc6ccccc6n5C)ccc4c4cc5ccccc5cc43)c2)c2ccccc21. The number of rotatable bonds is 3. The van der Waals surface area contributed by atoms with E-state index in [0.717, 1.165) is 34.8 Å². The second-order valence-corrected chi connectivity index (χ2v) is 11.5. The van der Waals surface area contributed by atoms with Gasteiger partial charge in [-0.2, -0.15) is 0 Å². The van der Waals surface area contributed by atoms with E-state index in [4.69, 9.17) is 4.98 Å². The minimum Gasteiger partial charge on any atom is -0.355 e. The molecule has 5 heteroatoms. The molecule has 0 amide bonds. The molecule has 1 aliphatic heterocycles. The van der Waals surface area contributed by atoms with Gasteiger partial charge in [-0.3, -0.25) is 0 Å². The summed E-state index contributed by atoms with van der Waals surface area (Å²) in [6.07, 6.45) is 0. The molecule has 0 spiro atoms. The molecule has 206 valence electrons. The number of aryl methyl sites for hydroxylation is 1. The van der Waals surface area contributed by atoms with Crippen LogP contribution in [0.2, 0.25) is 0 Å². The van der Waals surface area contributed by atoms with Crippen LogP contribution in [0.5, 0.6) is 0 Å². The van der Waals surface area contributed by atoms with Crippen LogP contribution in [0.1, 0.15) is 0 Å². The molecule has 0 saturated carbocycles. The summed E-state index contributed by atoms with van der Waals surface area (Å²) < 4.78 is 4.62. The number of anilines is 3. The lowest BCUT2D eigenvalue weighted by atomic mass is 10.1. The van der Waals surface area contributed by atoms with Crippen LogP contribution in [0.3, 0.4) is 0 Å². The van der Waals surface area contributed by atoms with Crippen molar-refractivity contribution in [2.75, 3.05) is 23.5 Å². The van der Waals surface area contributed by atoms with Gasteiger partial charge in [0.2, 0.25) is 0 Å². The van der Waals surface area contributed by atoms with E-state index in [1.54, 1.807) is 0 Å². The van der Waals surface area contributed by atoms with Crippen molar-refractivity contribution in [2.24, 2.45) is 7.05 Å². The third kappa shape index (κ3) is 3.55. The number of hydrogen-bond acceptors (Lipinski definition) is 3. The summed E-state index contributed by atoms with van der Waals surface area (Å²) in [5.41, 5.74) is 10.4. The Labute approximate surface area is 249 Å². The molecule has 0 unspecified atom stereocenters. The number of fused-ring (bicyclic) bond motifs is 6. The summed E-state index contributed by atoms with van der Waals surface area (Å²) >= 11 is 0. The molecule has 1 aliphatic rings. The fourth-order valence-electron chi connectivity index (χ4n) is 6.92. The molecular weight excluding hydrogens is 526 g/mol. The van der Waals surface area contributed by atoms with Crippen molar-refractivity contribution in [3.8, 4) is 17.1 Å². The van der Waals surface area contributed by atoms with Crippen molar-refractivity contribution < 1.29 is 0 Å². The number of imidazole rings is 1. The van der Waals surface area contributed by atoms with Crippen LogP contribution in [-0.4, -0.2) is 27.8 Å². The molecule has 0 aliphatic carbocycles. The van der Waals surface area contributed by atoms with Crippen LogP contribution < -0.4 is 9.80 Å². The zero-order valence-corrected chi connectivity index (χ0v) is 24.1. The van der Waals surface area contributed by atoms with Crippen LogP contribution in [0.25, 0.3) is 60.7 Å². The van der Waals surface area contributed by atoms with Crippen molar-refractivity contribution in [2.45, 2.75) is 0 Å². The molecule has 0 N–H and O–H groups in total. The first-order valence-corrected chi connectivity index (χ1v) is 14.7. The Bertz CT molecular complexity index is 2380. The van der Waals surface area contributed by atoms with E-state index >= 15 is 0 Å². The number of nitrogens with zero attached hydrogens (tertiary/aromatic N) is 5. The van der Waals surface area contributed by atoms with E-state index < -0.39 is 0 Å². The lowest BCUT2D eigenvalue weighted by Crippen LogP contribution is -2.24. The van der Waals surface area contributed by atoms with Gasteiger partial charge in [0, 0.05) is 41.8 Å². The quantitative estimate of drug-likeness (QED) is 0.218. The van der Waals surface area contributed by atoms with Gasteiger partial charge < -0.3 is 18.9 Å². The highest BCUT2D eigenvalue weighted by atomic mass is 15.4. The van der Waals surface area contributed by atoms with Gasteiger partial charge in [0.1, 0.15) is 5.82 Å². The van der Waals surface area contributed by atoms with Crippen LogP contribution in [0.4, 0.5) is 17.1 Å². The molecule has 3 heterocycles. The average molecular weight is 556 g/mol. The summed E-state index contributed by atoms with van der Waals surface area (Å²) in [6.45, 7) is 0.817. The molecule has 6 aromatic carbocycles. The van der Waals surface area contributed by atoms with E-state index in [0.29, 0.717) is 0 Å². The van der Waals surface area contributed by atoms with Gasteiger partial charge in [-0.05, 0) is 71.4 Å². The Morgan fingerprint density at radius 1 is 0.558 bits per heavy atom. The molecular formula is C38H29N5.